The Morgan fingerprint density at radius 1 is 1.20 bits per heavy atom. The summed E-state index contributed by atoms with van der Waals surface area (Å²) in [6.45, 7) is -1.42. The molecule has 0 spiro atoms. The molecule has 0 amide bonds. The normalized spacial score (nSPS) is 11.1. The van der Waals surface area contributed by atoms with Crippen molar-refractivity contribution in [2.45, 2.75) is 0 Å². The van der Waals surface area contributed by atoms with Gasteiger partial charge >= 0.3 is 58.4 Å². The smallest absolute Gasteiger partial charge is 0.445 e. The van der Waals surface area contributed by atoms with Gasteiger partial charge in [0.2, 0.25) is 0 Å². The van der Waals surface area contributed by atoms with Crippen LogP contribution in [0.1, 0.15) is 11.4 Å². The van der Waals surface area contributed by atoms with E-state index >= 15 is 0 Å². The minimum atomic E-state index is -4.89. The Morgan fingerprint density at radius 2 is 1.80 bits per heavy atom. The van der Waals surface area contributed by atoms with Gasteiger partial charge in [-0.3, -0.25) is 0 Å². The fourth-order valence-electron chi connectivity index (χ4n) is 0.883. The third kappa shape index (κ3) is 6.32. The average molecular weight is 237 g/mol. The molecule has 0 fully saturated rings. The van der Waals surface area contributed by atoms with Gasteiger partial charge in [-0.1, -0.05) is 18.7 Å². The molecule has 0 unspecified atom stereocenters. The Bertz CT molecular complexity index is 363. The van der Waals surface area contributed by atoms with Gasteiger partial charge in [0.05, 0.1) is 11.4 Å². The third-order valence-electron chi connectivity index (χ3n) is 1.49. The summed E-state index contributed by atoms with van der Waals surface area (Å²) in [4.78, 5) is 3.90. The Hall–Kier alpha value is 0.121. The van der Waals surface area contributed by atoms with Gasteiger partial charge < -0.3 is 12.9 Å². The van der Waals surface area contributed by atoms with E-state index < -0.39 is 6.98 Å². The summed E-state index contributed by atoms with van der Waals surface area (Å²) in [5, 5.41) is 0. The quantitative estimate of drug-likeness (QED) is 0.681. The summed E-state index contributed by atoms with van der Waals surface area (Å²) in [6, 6.07) is 4.81. The zero-order valence-electron chi connectivity index (χ0n) is 8.33. The predicted molar refractivity (Wildman–Crippen MR) is 52.4 cm³/mol. The molecule has 0 bridgehead atoms. The summed E-state index contributed by atoms with van der Waals surface area (Å²) in [7, 11) is 0. The molecule has 0 saturated carbocycles. The topological polar surface area (TPSA) is 12.9 Å². The summed E-state index contributed by atoms with van der Waals surface area (Å²) < 4.78 is 35.6. The molecule has 1 aromatic rings. The number of rotatable bonds is 3. The van der Waals surface area contributed by atoms with Gasteiger partial charge in [0.25, 0.3) is 0 Å². The number of aromatic nitrogens is 1. The van der Waals surface area contributed by atoms with Gasteiger partial charge in [-0.2, -0.15) is 0 Å². The van der Waals surface area contributed by atoms with Crippen LogP contribution in [0.3, 0.4) is 0 Å². The molecule has 0 aliphatic carbocycles. The van der Waals surface area contributed by atoms with Crippen molar-refractivity contribution in [1.29, 1.82) is 0 Å². The molecular formula is C9H8BF3KN. The maximum absolute atomic E-state index is 11.9. The van der Waals surface area contributed by atoms with Gasteiger partial charge in [0, 0.05) is 0 Å². The van der Waals surface area contributed by atoms with Crippen molar-refractivity contribution >= 4 is 19.1 Å². The van der Waals surface area contributed by atoms with Gasteiger partial charge in [0.15, 0.2) is 0 Å². The predicted octanol–water partition coefficient (Wildman–Crippen LogP) is 0.128. The Kier molecular flexibility index (Phi) is 6.70. The molecule has 1 heterocycles. The molecule has 1 aromatic heterocycles. The van der Waals surface area contributed by atoms with Crippen molar-refractivity contribution in [1.82, 2.24) is 4.98 Å². The monoisotopic (exact) mass is 237 g/mol. The minimum absolute atomic E-state index is 0. The van der Waals surface area contributed by atoms with E-state index in [9.17, 15) is 12.9 Å². The van der Waals surface area contributed by atoms with Crippen molar-refractivity contribution in [3.05, 3.63) is 42.1 Å². The third-order valence-corrected chi connectivity index (χ3v) is 1.49. The number of halogens is 3. The van der Waals surface area contributed by atoms with Gasteiger partial charge in [-0.15, -0.1) is 5.98 Å². The first-order chi connectivity index (χ1) is 6.51. The van der Waals surface area contributed by atoms with Crippen molar-refractivity contribution in [2.24, 2.45) is 0 Å². The Labute approximate surface area is 129 Å². The number of pyridine rings is 1. The first-order valence-electron chi connectivity index (χ1n) is 4.00. The molecule has 0 saturated heterocycles. The standard InChI is InChI=1S/C9H8BF3N.K/c1-2-8-4-3-5-9(14-8)6-7-10(11,12)13;/h2-7H,1H2;/q-1;+1/b7-6+;. The Morgan fingerprint density at radius 3 is 2.33 bits per heavy atom. The zero-order valence-corrected chi connectivity index (χ0v) is 11.5. The van der Waals surface area contributed by atoms with Crippen molar-refractivity contribution in [3.8, 4) is 0 Å². The van der Waals surface area contributed by atoms with Crippen LogP contribution in [0.15, 0.2) is 30.8 Å². The van der Waals surface area contributed by atoms with Crippen molar-refractivity contribution in [3.63, 3.8) is 0 Å². The number of hydrogen-bond acceptors (Lipinski definition) is 1. The van der Waals surface area contributed by atoms with Crippen LogP contribution in [-0.4, -0.2) is 12.0 Å². The summed E-state index contributed by atoms with van der Waals surface area (Å²) in [5.41, 5.74) is 0.837. The second kappa shape index (κ2) is 6.65. The van der Waals surface area contributed by atoms with Gasteiger partial charge in [-0.25, -0.2) is 4.98 Å². The molecule has 74 valence electrons. The maximum Gasteiger partial charge on any atom is 1.00 e. The molecular weight excluding hydrogens is 229 g/mol. The fraction of sp³-hybridized carbons (Fsp3) is 0. The second-order valence-electron chi connectivity index (χ2n) is 2.68. The molecule has 0 aliphatic heterocycles. The van der Waals surface area contributed by atoms with Crippen molar-refractivity contribution < 1.29 is 64.3 Å². The van der Waals surface area contributed by atoms with E-state index in [1.54, 1.807) is 12.1 Å². The van der Waals surface area contributed by atoms with Crippen LogP contribution < -0.4 is 51.4 Å². The van der Waals surface area contributed by atoms with Crippen LogP contribution in [0.5, 0.6) is 0 Å². The zero-order chi connectivity index (χ0) is 10.6. The number of hydrogen-bond donors (Lipinski definition) is 0. The van der Waals surface area contributed by atoms with E-state index in [0.29, 0.717) is 5.69 Å². The van der Waals surface area contributed by atoms with Gasteiger partial charge in [0.1, 0.15) is 0 Å². The molecule has 15 heavy (non-hydrogen) atoms. The van der Waals surface area contributed by atoms with Crippen LogP contribution in [0.25, 0.3) is 12.2 Å². The van der Waals surface area contributed by atoms with Crippen molar-refractivity contribution in [2.75, 3.05) is 0 Å². The van der Waals surface area contributed by atoms with E-state index in [2.05, 4.69) is 11.6 Å². The number of nitrogens with zero attached hydrogens (tertiary/aromatic N) is 1. The molecule has 0 aliphatic rings. The summed E-state index contributed by atoms with van der Waals surface area (Å²) >= 11 is 0. The first-order valence-corrected chi connectivity index (χ1v) is 4.00. The molecule has 0 atom stereocenters. The minimum Gasteiger partial charge on any atom is -0.445 e. The van der Waals surface area contributed by atoms with Crippen LogP contribution in [0, 0.1) is 0 Å². The molecule has 6 heteroatoms. The first kappa shape index (κ1) is 15.1. The van der Waals surface area contributed by atoms with E-state index in [1.165, 1.54) is 12.1 Å². The summed E-state index contributed by atoms with van der Waals surface area (Å²) in [5.74, 6) is 0.217. The van der Waals surface area contributed by atoms with E-state index in [4.69, 9.17) is 0 Å². The second-order valence-corrected chi connectivity index (χ2v) is 2.68. The molecule has 0 radical (unpaired) electrons. The molecule has 1 nitrogen and oxygen atoms in total. The fourth-order valence-corrected chi connectivity index (χ4v) is 0.883. The molecule has 1 rings (SSSR count). The molecule has 0 N–H and O–H groups in total. The molecule has 0 aromatic carbocycles. The SMILES string of the molecule is C=Cc1cccc(/C=C/[B-](F)(F)F)n1.[K+]. The average Bonchev–Trinajstić information content (AvgIpc) is 2.14. The van der Waals surface area contributed by atoms with Crippen LogP contribution in [-0.2, 0) is 0 Å². The summed E-state index contributed by atoms with van der Waals surface area (Å²) in [6.07, 6.45) is 2.43. The van der Waals surface area contributed by atoms with Crippen LogP contribution >= 0.6 is 0 Å². The maximum atomic E-state index is 11.9. The largest absolute Gasteiger partial charge is 1.00 e. The van der Waals surface area contributed by atoms with E-state index in [1.807, 2.05) is 0 Å². The van der Waals surface area contributed by atoms with E-state index in [-0.39, 0.29) is 63.1 Å². The van der Waals surface area contributed by atoms with Crippen LogP contribution in [0.4, 0.5) is 12.9 Å². The Balaban J connectivity index is 0.00000196. The van der Waals surface area contributed by atoms with E-state index in [0.717, 1.165) is 6.08 Å². The van der Waals surface area contributed by atoms with Crippen LogP contribution in [0.2, 0.25) is 0 Å². The van der Waals surface area contributed by atoms with Gasteiger partial charge in [-0.05, 0) is 18.2 Å².